The number of nitrogens with two attached hydrogens (primary N) is 1. The van der Waals surface area contributed by atoms with Gasteiger partial charge in [-0.25, -0.2) is 23.4 Å². The summed E-state index contributed by atoms with van der Waals surface area (Å²) in [6.07, 6.45) is 4.31. The number of aromatic nitrogens is 4. The standard InChI is InChI=1S/C31H31F3N8O2/c1-4-39-31(2,3)14-18(15-35)30(43)41-12-6-7-19(41)16-42-29-25(28(36)37-17-38-29)27(40-42)21-11-10-20(13-23(21)33)44-24-9-5-8-22(32)26(24)34/h5,8-11,13-14,17,19,39H,4,6-7,12,16H2,1-3H3,(H2,36,37,38)/b18-14-/t19-/m0/s1. The van der Waals surface area contributed by atoms with Gasteiger partial charge in [-0.1, -0.05) is 13.0 Å². The molecule has 13 heteroatoms. The lowest BCUT2D eigenvalue weighted by Gasteiger charge is -2.26. The van der Waals surface area contributed by atoms with Gasteiger partial charge in [0.2, 0.25) is 5.82 Å². The average molecular weight is 605 g/mol. The summed E-state index contributed by atoms with van der Waals surface area (Å²) in [4.78, 5) is 23.5. The number of anilines is 1. The lowest BCUT2D eigenvalue weighted by molar-refractivity contribution is -0.127. The van der Waals surface area contributed by atoms with Gasteiger partial charge in [-0.05, 0) is 63.6 Å². The third kappa shape index (κ3) is 6.07. The fraction of sp³-hybridized carbons (Fsp3) is 0.323. The Kier molecular flexibility index (Phi) is 8.55. The molecule has 1 aliphatic heterocycles. The normalized spacial score (nSPS) is 15.5. The van der Waals surface area contributed by atoms with Crippen LogP contribution in [0.1, 0.15) is 33.6 Å². The van der Waals surface area contributed by atoms with Gasteiger partial charge < -0.3 is 20.7 Å². The molecule has 0 bridgehead atoms. The number of nitrogens with one attached hydrogen (secondary N) is 1. The highest BCUT2D eigenvalue weighted by Crippen LogP contribution is 2.35. The highest BCUT2D eigenvalue weighted by Gasteiger charge is 2.33. The molecule has 1 fully saturated rings. The fourth-order valence-corrected chi connectivity index (χ4v) is 5.44. The van der Waals surface area contributed by atoms with E-state index in [1.165, 1.54) is 30.6 Å². The van der Waals surface area contributed by atoms with Crippen molar-refractivity contribution >= 4 is 22.8 Å². The summed E-state index contributed by atoms with van der Waals surface area (Å²) in [5, 5.41) is 18.0. The van der Waals surface area contributed by atoms with Crippen molar-refractivity contribution in [2.75, 3.05) is 18.8 Å². The number of carbonyl (C=O) groups excluding carboxylic acids is 1. The first-order chi connectivity index (χ1) is 21.0. The highest BCUT2D eigenvalue weighted by atomic mass is 19.2. The summed E-state index contributed by atoms with van der Waals surface area (Å²) >= 11 is 0. The van der Waals surface area contributed by atoms with Crippen molar-refractivity contribution in [2.24, 2.45) is 0 Å². The van der Waals surface area contributed by atoms with E-state index in [2.05, 4.69) is 26.5 Å². The van der Waals surface area contributed by atoms with Gasteiger partial charge in [0, 0.05) is 23.7 Å². The second-order valence-corrected chi connectivity index (χ2v) is 11.0. The number of carbonyl (C=O) groups is 1. The Hall–Kier alpha value is -4.96. The number of likely N-dealkylation sites (N-methyl/N-ethyl adjacent to an activating group) is 1. The lowest BCUT2D eigenvalue weighted by atomic mass is 10.0. The topological polar surface area (TPSA) is 135 Å². The van der Waals surface area contributed by atoms with Gasteiger partial charge in [0.05, 0.1) is 18.0 Å². The molecule has 5 rings (SSSR count). The Morgan fingerprint density at radius 3 is 2.75 bits per heavy atom. The number of rotatable bonds is 9. The molecule has 0 radical (unpaired) electrons. The molecular weight excluding hydrogens is 573 g/mol. The van der Waals surface area contributed by atoms with Crippen molar-refractivity contribution in [3.63, 3.8) is 0 Å². The average Bonchev–Trinajstić information content (AvgIpc) is 3.59. The maximum absolute atomic E-state index is 15.5. The minimum absolute atomic E-state index is 0.0444. The van der Waals surface area contributed by atoms with Crippen LogP contribution < -0.4 is 15.8 Å². The molecule has 0 saturated carbocycles. The number of benzene rings is 2. The Balaban J connectivity index is 1.46. The fourth-order valence-electron chi connectivity index (χ4n) is 5.44. The monoisotopic (exact) mass is 604 g/mol. The van der Waals surface area contributed by atoms with E-state index in [1.807, 2.05) is 20.8 Å². The molecule has 3 heterocycles. The predicted molar refractivity (Wildman–Crippen MR) is 158 cm³/mol. The first-order valence-corrected chi connectivity index (χ1v) is 14.1. The smallest absolute Gasteiger partial charge is 0.264 e. The number of likely N-dealkylation sites (tertiary alicyclic amines) is 1. The second kappa shape index (κ2) is 12.3. The minimum atomic E-state index is -1.19. The first kappa shape index (κ1) is 30.5. The third-order valence-corrected chi connectivity index (χ3v) is 7.41. The molecule has 1 amide bonds. The van der Waals surface area contributed by atoms with Gasteiger partial charge >= 0.3 is 0 Å². The van der Waals surface area contributed by atoms with Crippen molar-refractivity contribution in [2.45, 2.75) is 51.7 Å². The zero-order valence-corrected chi connectivity index (χ0v) is 24.4. The number of hydrogen-bond acceptors (Lipinski definition) is 8. The molecule has 3 N–H and O–H groups in total. The molecule has 1 atom stereocenters. The molecule has 44 heavy (non-hydrogen) atoms. The van der Waals surface area contributed by atoms with E-state index >= 15 is 4.39 Å². The molecule has 4 aromatic rings. The molecule has 228 valence electrons. The summed E-state index contributed by atoms with van der Waals surface area (Å²) in [6, 6.07) is 9.02. The van der Waals surface area contributed by atoms with Crippen molar-refractivity contribution in [3.8, 4) is 28.8 Å². The SMILES string of the molecule is CCNC(C)(C)/C=C(/C#N)C(=O)N1CCC[C@H]1Cn1nc(-c2ccc(Oc3cccc(F)c3F)cc2F)c2c(N)ncnc21. The number of ether oxygens (including phenoxy) is 1. The van der Waals surface area contributed by atoms with Crippen molar-refractivity contribution in [1.82, 2.24) is 30.0 Å². The van der Waals surface area contributed by atoms with E-state index in [1.54, 1.807) is 15.7 Å². The van der Waals surface area contributed by atoms with Crippen LogP contribution >= 0.6 is 0 Å². The number of nitriles is 1. The van der Waals surface area contributed by atoms with E-state index in [9.17, 15) is 18.8 Å². The third-order valence-electron chi connectivity index (χ3n) is 7.41. The Labute approximate surface area is 252 Å². The summed E-state index contributed by atoms with van der Waals surface area (Å²) < 4.78 is 50.1. The predicted octanol–water partition coefficient (Wildman–Crippen LogP) is 5.11. The van der Waals surface area contributed by atoms with Crippen LogP contribution in [0.4, 0.5) is 19.0 Å². The minimum Gasteiger partial charge on any atom is -0.454 e. The second-order valence-electron chi connectivity index (χ2n) is 11.0. The number of hydrogen-bond donors (Lipinski definition) is 2. The van der Waals surface area contributed by atoms with Crippen molar-refractivity contribution in [1.29, 1.82) is 5.26 Å². The van der Waals surface area contributed by atoms with Gasteiger partial charge in [-0.2, -0.15) is 14.8 Å². The molecule has 2 aromatic heterocycles. The van der Waals surface area contributed by atoms with Gasteiger partial charge in [-0.3, -0.25) is 4.79 Å². The Morgan fingerprint density at radius 1 is 1.23 bits per heavy atom. The summed E-state index contributed by atoms with van der Waals surface area (Å²) in [5.74, 6) is -3.77. The highest BCUT2D eigenvalue weighted by molar-refractivity contribution is 5.99. The van der Waals surface area contributed by atoms with E-state index in [0.29, 0.717) is 30.5 Å². The van der Waals surface area contributed by atoms with Crippen LogP contribution in [0, 0.1) is 28.8 Å². The molecule has 10 nitrogen and oxygen atoms in total. The van der Waals surface area contributed by atoms with Gasteiger partial charge in [0.25, 0.3) is 5.91 Å². The summed E-state index contributed by atoms with van der Waals surface area (Å²) in [5.41, 5.74) is 6.26. The Bertz CT molecular complexity index is 1800. The quantitative estimate of drug-likeness (QED) is 0.199. The van der Waals surface area contributed by atoms with Crippen molar-refractivity contribution < 1.29 is 22.7 Å². The van der Waals surface area contributed by atoms with Crippen LogP contribution in [-0.4, -0.2) is 55.2 Å². The largest absolute Gasteiger partial charge is 0.454 e. The van der Waals surface area contributed by atoms with E-state index in [0.717, 1.165) is 18.6 Å². The van der Waals surface area contributed by atoms with Crippen LogP contribution in [0.5, 0.6) is 11.5 Å². The number of nitrogens with zero attached hydrogens (tertiary/aromatic N) is 6. The first-order valence-electron chi connectivity index (χ1n) is 14.1. The van der Waals surface area contributed by atoms with Gasteiger partial charge in [-0.15, -0.1) is 0 Å². The molecule has 0 spiro atoms. The van der Waals surface area contributed by atoms with Crippen LogP contribution in [0.25, 0.3) is 22.3 Å². The van der Waals surface area contributed by atoms with Crippen molar-refractivity contribution in [3.05, 3.63) is 71.8 Å². The zero-order chi connectivity index (χ0) is 31.6. The Morgan fingerprint density at radius 2 is 2.02 bits per heavy atom. The molecule has 1 saturated heterocycles. The molecule has 2 aromatic carbocycles. The molecule has 0 aliphatic carbocycles. The molecule has 1 aliphatic rings. The molecular formula is C31H31F3N8O2. The van der Waals surface area contributed by atoms with Crippen LogP contribution in [0.3, 0.4) is 0 Å². The van der Waals surface area contributed by atoms with E-state index in [-0.39, 0.29) is 52.6 Å². The molecule has 0 unspecified atom stereocenters. The van der Waals surface area contributed by atoms with Gasteiger partial charge in [0.1, 0.15) is 41.0 Å². The van der Waals surface area contributed by atoms with Crippen LogP contribution in [0.2, 0.25) is 0 Å². The van der Waals surface area contributed by atoms with Crippen LogP contribution in [-0.2, 0) is 11.3 Å². The summed E-state index contributed by atoms with van der Waals surface area (Å²) in [6.45, 7) is 7.08. The van der Waals surface area contributed by atoms with Crippen LogP contribution in [0.15, 0.2) is 54.4 Å². The van der Waals surface area contributed by atoms with Gasteiger partial charge in [0.15, 0.2) is 17.2 Å². The number of nitrogen functional groups attached to an aromatic ring is 1. The maximum atomic E-state index is 15.5. The lowest BCUT2D eigenvalue weighted by Crippen LogP contribution is -2.41. The maximum Gasteiger partial charge on any atom is 0.264 e. The number of amides is 1. The number of halogens is 3. The number of fused-ring (bicyclic) bond motifs is 1. The zero-order valence-electron chi connectivity index (χ0n) is 24.4. The van der Waals surface area contributed by atoms with E-state index in [4.69, 9.17) is 10.5 Å². The van der Waals surface area contributed by atoms with E-state index < -0.39 is 23.0 Å². The summed E-state index contributed by atoms with van der Waals surface area (Å²) in [7, 11) is 0.